The van der Waals surface area contributed by atoms with Crippen molar-refractivity contribution in [3.63, 3.8) is 0 Å². The number of hydrogen-bond acceptors (Lipinski definition) is 5. The first-order chi connectivity index (χ1) is 16.3. The molecule has 174 valence electrons. The Morgan fingerprint density at radius 1 is 1.15 bits per heavy atom. The van der Waals surface area contributed by atoms with E-state index in [1.165, 1.54) is 0 Å². The zero-order valence-electron chi connectivity index (χ0n) is 18.4. The van der Waals surface area contributed by atoms with Gasteiger partial charge < -0.3 is 14.2 Å². The molecule has 0 amide bonds. The van der Waals surface area contributed by atoms with Crippen molar-refractivity contribution in [2.45, 2.75) is 20.5 Å². The van der Waals surface area contributed by atoms with Crippen molar-refractivity contribution in [1.29, 1.82) is 0 Å². The zero-order valence-corrected chi connectivity index (χ0v) is 22.9. The summed E-state index contributed by atoms with van der Waals surface area (Å²) in [5.74, 6) is 0.911. The van der Waals surface area contributed by atoms with Gasteiger partial charge in [0.15, 0.2) is 17.2 Å². The lowest BCUT2D eigenvalue weighted by molar-refractivity contribution is -0.129. The van der Waals surface area contributed by atoms with Gasteiger partial charge in [-0.25, -0.2) is 9.79 Å². The summed E-state index contributed by atoms with van der Waals surface area (Å²) >= 11 is 11.9. The second-order valence-corrected chi connectivity index (χ2v) is 9.93. The van der Waals surface area contributed by atoms with Gasteiger partial charge in [0.1, 0.15) is 6.61 Å². The van der Waals surface area contributed by atoms with Crippen molar-refractivity contribution < 1.29 is 19.0 Å². The van der Waals surface area contributed by atoms with Crippen molar-refractivity contribution in [1.82, 2.24) is 0 Å². The van der Waals surface area contributed by atoms with E-state index in [9.17, 15) is 4.79 Å². The van der Waals surface area contributed by atoms with Crippen molar-refractivity contribution in [2.24, 2.45) is 4.99 Å². The average Bonchev–Trinajstić information content (AvgIpc) is 3.15. The molecule has 0 aromatic heterocycles. The number of hydrogen-bond donors (Lipinski definition) is 0. The quantitative estimate of drug-likeness (QED) is 0.152. The standard InChI is InChI=1S/C26H20BrClINO4/c1-3-32-23-13-17(11-20(27)24(23)33-14-16-5-4-6-19(28)10-16)12-22-26(31)34-25(30-22)18-7-8-21(29)15(2)9-18/h4-13H,3,14H2,1-2H3/b22-12-. The average molecular weight is 653 g/mol. The first kappa shape index (κ1) is 24.8. The molecule has 5 nitrogen and oxygen atoms in total. The third kappa shape index (κ3) is 5.82. The van der Waals surface area contributed by atoms with Gasteiger partial charge in [-0.1, -0.05) is 23.7 Å². The Balaban J connectivity index is 1.61. The van der Waals surface area contributed by atoms with Gasteiger partial charge in [-0.15, -0.1) is 0 Å². The van der Waals surface area contributed by atoms with E-state index in [-0.39, 0.29) is 5.70 Å². The monoisotopic (exact) mass is 651 g/mol. The molecule has 4 rings (SSSR count). The van der Waals surface area contributed by atoms with E-state index in [4.69, 9.17) is 25.8 Å². The number of carbonyl (C=O) groups is 1. The Kier molecular flexibility index (Phi) is 7.95. The first-order valence-corrected chi connectivity index (χ1v) is 12.7. The van der Waals surface area contributed by atoms with E-state index >= 15 is 0 Å². The van der Waals surface area contributed by atoms with Crippen LogP contribution < -0.4 is 9.47 Å². The second kappa shape index (κ2) is 10.9. The molecular formula is C26H20BrClINO4. The Bertz CT molecular complexity index is 1320. The molecule has 1 heterocycles. The highest BCUT2D eigenvalue weighted by atomic mass is 127. The van der Waals surface area contributed by atoms with Crippen molar-refractivity contribution in [3.05, 3.63) is 95.6 Å². The molecule has 1 aliphatic rings. The molecular weight excluding hydrogens is 633 g/mol. The molecule has 34 heavy (non-hydrogen) atoms. The van der Waals surface area contributed by atoms with E-state index in [0.717, 1.165) is 25.8 Å². The van der Waals surface area contributed by atoms with Crippen molar-refractivity contribution >= 4 is 68.1 Å². The Hall–Kier alpha value is -2.36. The summed E-state index contributed by atoms with van der Waals surface area (Å²) in [6, 6.07) is 16.9. The summed E-state index contributed by atoms with van der Waals surface area (Å²) in [5.41, 5.74) is 3.73. The Morgan fingerprint density at radius 3 is 2.71 bits per heavy atom. The van der Waals surface area contributed by atoms with Gasteiger partial charge in [0.05, 0.1) is 11.1 Å². The van der Waals surface area contributed by atoms with E-state index in [2.05, 4.69) is 43.5 Å². The molecule has 1 aliphatic heterocycles. The highest BCUT2D eigenvalue weighted by Crippen LogP contribution is 2.38. The molecule has 0 saturated carbocycles. The number of cyclic esters (lactones) is 1. The largest absolute Gasteiger partial charge is 0.490 e. The number of benzene rings is 3. The van der Waals surface area contributed by atoms with Crippen LogP contribution in [0.15, 0.2) is 69.8 Å². The van der Waals surface area contributed by atoms with Gasteiger partial charge in [0.2, 0.25) is 5.90 Å². The number of esters is 1. The van der Waals surface area contributed by atoms with E-state index in [1.54, 1.807) is 6.08 Å². The fourth-order valence-electron chi connectivity index (χ4n) is 3.32. The van der Waals surface area contributed by atoms with Crippen LogP contribution in [0, 0.1) is 10.5 Å². The minimum absolute atomic E-state index is 0.216. The van der Waals surface area contributed by atoms with Crippen LogP contribution in [-0.4, -0.2) is 18.5 Å². The van der Waals surface area contributed by atoms with Crippen LogP contribution in [0.5, 0.6) is 11.5 Å². The smallest absolute Gasteiger partial charge is 0.363 e. The molecule has 0 bridgehead atoms. The number of nitrogens with zero attached hydrogens (tertiary/aromatic N) is 1. The van der Waals surface area contributed by atoms with Gasteiger partial charge >= 0.3 is 5.97 Å². The van der Waals surface area contributed by atoms with Crippen LogP contribution >= 0.6 is 50.1 Å². The van der Waals surface area contributed by atoms with Crippen LogP contribution in [-0.2, 0) is 16.1 Å². The topological polar surface area (TPSA) is 57.1 Å². The minimum Gasteiger partial charge on any atom is -0.490 e. The summed E-state index contributed by atoms with van der Waals surface area (Å²) in [6.07, 6.45) is 1.67. The highest BCUT2D eigenvalue weighted by Gasteiger charge is 2.25. The van der Waals surface area contributed by atoms with Crippen LogP contribution in [0.25, 0.3) is 6.08 Å². The molecule has 3 aromatic carbocycles. The molecule has 0 unspecified atom stereocenters. The van der Waals surface area contributed by atoms with E-state index in [1.807, 2.05) is 68.4 Å². The van der Waals surface area contributed by atoms with Crippen LogP contribution in [0.1, 0.15) is 29.2 Å². The number of aliphatic imine (C=N–C) groups is 1. The van der Waals surface area contributed by atoms with Gasteiger partial charge in [-0.3, -0.25) is 0 Å². The third-order valence-corrected chi connectivity index (χ3v) is 6.97. The molecule has 8 heteroatoms. The predicted octanol–water partition coefficient (Wildman–Crippen LogP) is 7.34. The second-order valence-electron chi connectivity index (χ2n) is 7.48. The molecule has 3 aromatic rings. The van der Waals surface area contributed by atoms with Crippen LogP contribution in [0.4, 0.5) is 0 Å². The maximum absolute atomic E-state index is 12.5. The van der Waals surface area contributed by atoms with E-state index in [0.29, 0.717) is 40.1 Å². The van der Waals surface area contributed by atoms with Gasteiger partial charge in [0.25, 0.3) is 0 Å². The predicted molar refractivity (Wildman–Crippen MR) is 146 cm³/mol. The van der Waals surface area contributed by atoms with Gasteiger partial charge in [0, 0.05) is 14.2 Å². The lowest BCUT2D eigenvalue weighted by Gasteiger charge is -2.15. The molecule has 0 fully saturated rings. The summed E-state index contributed by atoms with van der Waals surface area (Å²) < 4.78 is 19.1. The summed E-state index contributed by atoms with van der Waals surface area (Å²) in [4.78, 5) is 16.9. The summed E-state index contributed by atoms with van der Waals surface area (Å²) in [5, 5.41) is 0.649. The fourth-order valence-corrected chi connectivity index (χ4v) is 4.45. The zero-order chi connectivity index (χ0) is 24.2. The number of aryl methyl sites for hydroxylation is 1. The highest BCUT2D eigenvalue weighted by molar-refractivity contribution is 14.1. The molecule has 0 radical (unpaired) electrons. The molecule has 0 N–H and O–H groups in total. The number of carbonyl (C=O) groups excluding carboxylic acids is 1. The first-order valence-electron chi connectivity index (χ1n) is 10.5. The normalized spacial score (nSPS) is 14.2. The van der Waals surface area contributed by atoms with E-state index < -0.39 is 5.97 Å². The maximum atomic E-state index is 12.5. The number of rotatable bonds is 7. The fraction of sp³-hybridized carbons (Fsp3) is 0.154. The SMILES string of the molecule is CCOc1cc(/C=C2\N=C(c3ccc(I)c(C)c3)OC2=O)cc(Br)c1OCc1cccc(Cl)c1. The van der Waals surface area contributed by atoms with Crippen molar-refractivity contribution in [3.8, 4) is 11.5 Å². The number of ether oxygens (including phenoxy) is 3. The van der Waals surface area contributed by atoms with Crippen LogP contribution in [0.2, 0.25) is 5.02 Å². The summed E-state index contributed by atoms with van der Waals surface area (Å²) in [6.45, 7) is 4.68. The van der Waals surface area contributed by atoms with Gasteiger partial charge in [-0.2, -0.15) is 0 Å². The Labute approximate surface area is 225 Å². The molecule has 0 atom stereocenters. The summed E-state index contributed by atoms with van der Waals surface area (Å²) in [7, 11) is 0. The van der Waals surface area contributed by atoms with Crippen LogP contribution in [0.3, 0.4) is 0 Å². The Morgan fingerprint density at radius 2 is 1.97 bits per heavy atom. The minimum atomic E-state index is -0.499. The lowest BCUT2D eigenvalue weighted by atomic mass is 10.1. The third-order valence-electron chi connectivity index (χ3n) is 4.93. The molecule has 0 aliphatic carbocycles. The lowest BCUT2D eigenvalue weighted by Crippen LogP contribution is -2.05. The van der Waals surface area contributed by atoms with Crippen molar-refractivity contribution in [2.75, 3.05) is 6.61 Å². The number of halogens is 3. The molecule has 0 spiro atoms. The van der Waals surface area contributed by atoms with Gasteiger partial charge in [-0.05, 0) is 118 Å². The maximum Gasteiger partial charge on any atom is 0.363 e. The molecule has 0 saturated heterocycles.